The number of hydrogen-bond acceptors (Lipinski definition) is 6. The molecule has 1 amide bonds. The van der Waals surface area contributed by atoms with E-state index >= 15 is 0 Å². The first kappa shape index (κ1) is 28.7. The predicted octanol–water partition coefficient (Wildman–Crippen LogP) is 5.13. The van der Waals surface area contributed by atoms with Crippen LogP contribution in [0, 0.1) is 5.82 Å². The van der Waals surface area contributed by atoms with E-state index in [1.165, 1.54) is 27.7 Å². The third-order valence-corrected chi connectivity index (χ3v) is 7.80. The van der Waals surface area contributed by atoms with Gasteiger partial charge in [-0.1, -0.05) is 12.1 Å². The van der Waals surface area contributed by atoms with Crippen molar-refractivity contribution in [3.05, 3.63) is 86.9 Å². The summed E-state index contributed by atoms with van der Waals surface area (Å²) >= 11 is 0. The number of phenolic OH excluding ortho intramolecular Hbond substituents is 1. The topological polar surface area (TPSA) is 135 Å². The summed E-state index contributed by atoms with van der Waals surface area (Å²) < 4.78 is 16.7. The van der Waals surface area contributed by atoms with E-state index in [0.717, 1.165) is 16.8 Å². The summed E-state index contributed by atoms with van der Waals surface area (Å²) in [5.74, 6) is -0.774. The predicted molar refractivity (Wildman–Crippen MR) is 155 cm³/mol. The number of amides is 1. The van der Waals surface area contributed by atoms with E-state index in [9.17, 15) is 33.8 Å². The summed E-state index contributed by atoms with van der Waals surface area (Å²) in [7, 11) is 0. The van der Waals surface area contributed by atoms with E-state index in [-0.39, 0.29) is 22.8 Å². The molecule has 2 heterocycles. The Morgan fingerprint density at radius 2 is 1.79 bits per heavy atom. The minimum Gasteiger partial charge on any atom is -0.508 e. The van der Waals surface area contributed by atoms with Crippen LogP contribution in [0.4, 0.5) is 9.18 Å². The van der Waals surface area contributed by atoms with Crippen LogP contribution >= 0.6 is 0 Å². The van der Waals surface area contributed by atoms with Crippen molar-refractivity contribution in [1.29, 1.82) is 0 Å². The number of fused-ring (bicyclic) bond motifs is 1. The Kier molecular flexibility index (Phi) is 7.44. The van der Waals surface area contributed by atoms with Crippen LogP contribution in [-0.4, -0.2) is 53.2 Å². The van der Waals surface area contributed by atoms with E-state index < -0.39 is 34.7 Å². The van der Waals surface area contributed by atoms with Crippen molar-refractivity contribution in [3.63, 3.8) is 0 Å². The second-order valence-electron chi connectivity index (χ2n) is 11.5. The molecule has 0 radical (unpaired) electrons. The molecule has 0 atom stereocenters. The quantitative estimate of drug-likeness (QED) is 0.316. The summed E-state index contributed by atoms with van der Waals surface area (Å²) in [6, 6.07) is 11.2. The molecule has 0 spiro atoms. The molecule has 1 aliphatic rings. The zero-order chi connectivity index (χ0) is 30.3. The molecule has 2 N–H and O–H groups in total. The van der Waals surface area contributed by atoms with Gasteiger partial charge in [-0.15, -0.1) is 0 Å². The Morgan fingerprint density at radius 1 is 1.07 bits per heavy atom. The zero-order valence-corrected chi connectivity index (χ0v) is 23.5. The van der Waals surface area contributed by atoms with Crippen LogP contribution in [0.25, 0.3) is 27.8 Å². The van der Waals surface area contributed by atoms with Crippen molar-refractivity contribution >= 4 is 23.4 Å². The van der Waals surface area contributed by atoms with E-state index in [1.807, 2.05) is 20.8 Å². The first-order valence-corrected chi connectivity index (χ1v) is 13.6. The highest BCUT2D eigenvalue weighted by atomic mass is 19.1. The van der Waals surface area contributed by atoms with Crippen LogP contribution in [0.1, 0.15) is 62.9 Å². The number of pyridine rings is 1. The highest BCUT2D eigenvalue weighted by Gasteiger charge is 2.37. The Morgan fingerprint density at radius 3 is 2.43 bits per heavy atom. The Bertz CT molecular complexity index is 1820. The number of carboxylic acid groups (broad SMARTS) is 1. The molecule has 42 heavy (non-hydrogen) atoms. The number of aromatic nitrogens is 3. The van der Waals surface area contributed by atoms with Gasteiger partial charge >= 0.3 is 11.8 Å². The van der Waals surface area contributed by atoms with Crippen molar-refractivity contribution in [3.8, 4) is 22.6 Å². The number of halogens is 1. The molecular weight excluding hydrogens is 543 g/mol. The van der Waals surface area contributed by atoms with Gasteiger partial charge in [0, 0.05) is 23.2 Å². The van der Waals surface area contributed by atoms with Gasteiger partial charge in [0.05, 0.1) is 17.3 Å². The first-order valence-electron chi connectivity index (χ1n) is 13.6. The Labute approximate surface area is 240 Å². The first-order chi connectivity index (χ1) is 19.9. The molecule has 0 bridgehead atoms. The Balaban J connectivity index is 1.64. The monoisotopic (exact) mass is 574 g/mol. The van der Waals surface area contributed by atoms with Crippen LogP contribution in [0.15, 0.2) is 64.3 Å². The van der Waals surface area contributed by atoms with Crippen molar-refractivity contribution in [1.82, 2.24) is 19.0 Å². The van der Waals surface area contributed by atoms with Gasteiger partial charge in [-0.2, -0.15) is 0 Å². The number of hydrogen-bond donors (Lipinski definition) is 2. The number of benzene rings is 2. The van der Waals surface area contributed by atoms with Gasteiger partial charge in [-0.05, 0) is 94.0 Å². The van der Waals surface area contributed by atoms with Crippen molar-refractivity contribution < 1.29 is 24.2 Å². The fourth-order valence-electron chi connectivity index (χ4n) is 6.01. The maximum absolute atomic E-state index is 14.3. The maximum atomic E-state index is 14.3. The molecule has 1 aliphatic carbocycles. The van der Waals surface area contributed by atoms with Gasteiger partial charge in [0.25, 0.3) is 5.56 Å². The second kappa shape index (κ2) is 10.9. The van der Waals surface area contributed by atoms with E-state index in [0.29, 0.717) is 54.3 Å². The van der Waals surface area contributed by atoms with E-state index in [2.05, 4.69) is 4.98 Å². The van der Waals surface area contributed by atoms with Gasteiger partial charge in [-0.3, -0.25) is 14.2 Å². The molecule has 10 nitrogen and oxygen atoms in total. The molecule has 5 rings (SSSR count). The molecule has 1 saturated carbocycles. The van der Waals surface area contributed by atoms with Crippen molar-refractivity contribution in [2.24, 2.45) is 0 Å². The fourth-order valence-corrected chi connectivity index (χ4v) is 6.01. The van der Waals surface area contributed by atoms with Crippen molar-refractivity contribution in [2.45, 2.75) is 64.1 Å². The fraction of sp³-hybridized carbons (Fsp3) is 0.323. The average Bonchev–Trinajstić information content (AvgIpc) is 2.93. The molecule has 0 aliphatic heterocycles. The molecule has 0 saturated heterocycles. The third kappa shape index (κ3) is 5.17. The SMILES string of the molecule is CC(C)(C)N(C(=O)O)C1CCC(n2c(=O)c3cc(F)cnc3n(-c3cccc(-c4cc(O)ccc4C=O)c3)c2=O)CC1. The van der Waals surface area contributed by atoms with Gasteiger partial charge in [0.15, 0.2) is 11.9 Å². The maximum Gasteiger partial charge on any atom is 0.407 e. The lowest BCUT2D eigenvalue weighted by atomic mass is 9.88. The minimum atomic E-state index is -1.03. The molecule has 2 aromatic carbocycles. The molecule has 4 aromatic rings. The average molecular weight is 575 g/mol. The van der Waals surface area contributed by atoms with Crippen LogP contribution in [0.5, 0.6) is 5.75 Å². The molecule has 2 aromatic heterocycles. The summed E-state index contributed by atoms with van der Waals surface area (Å²) in [6.07, 6.45) is 2.21. The van der Waals surface area contributed by atoms with E-state index in [1.54, 1.807) is 24.3 Å². The smallest absolute Gasteiger partial charge is 0.407 e. The molecule has 0 unspecified atom stereocenters. The van der Waals surface area contributed by atoms with Crippen molar-refractivity contribution in [2.75, 3.05) is 0 Å². The normalized spacial score (nSPS) is 17.2. The van der Waals surface area contributed by atoms with E-state index in [4.69, 9.17) is 0 Å². The number of phenols is 1. The lowest BCUT2D eigenvalue weighted by Crippen LogP contribution is -2.53. The number of nitrogens with zero attached hydrogens (tertiary/aromatic N) is 4. The van der Waals surface area contributed by atoms with Crippen LogP contribution in [-0.2, 0) is 0 Å². The van der Waals surface area contributed by atoms with Gasteiger partial charge in [-0.25, -0.2) is 23.5 Å². The lowest BCUT2D eigenvalue weighted by molar-refractivity contribution is 0.0506. The van der Waals surface area contributed by atoms with Gasteiger partial charge < -0.3 is 15.1 Å². The summed E-state index contributed by atoms with van der Waals surface area (Å²) in [6.45, 7) is 5.47. The second-order valence-corrected chi connectivity index (χ2v) is 11.5. The minimum absolute atomic E-state index is 0.0233. The third-order valence-electron chi connectivity index (χ3n) is 7.80. The summed E-state index contributed by atoms with van der Waals surface area (Å²) in [5, 5.41) is 19.8. The van der Waals surface area contributed by atoms with Gasteiger partial charge in [0.1, 0.15) is 11.6 Å². The molecule has 11 heteroatoms. The zero-order valence-electron chi connectivity index (χ0n) is 23.5. The number of aromatic hydroxyl groups is 1. The standard InChI is InChI=1S/C31H31FN4O6/c1-31(2,3)36(30(41)42)22-10-8-21(9-11-22)35-28(39)26-14-20(32)16-33-27(26)34(29(35)40)23-6-4-5-18(13-23)25-15-24(38)12-7-19(25)17-37/h4-7,12-17,21-22,38H,8-11H2,1-3H3,(H,41,42). The molecule has 218 valence electrons. The summed E-state index contributed by atoms with van der Waals surface area (Å²) in [5.41, 5.74) is -0.347. The van der Waals surface area contributed by atoms with Crippen LogP contribution in [0.2, 0.25) is 0 Å². The summed E-state index contributed by atoms with van der Waals surface area (Å²) in [4.78, 5) is 57.0. The van der Waals surface area contributed by atoms with Crippen LogP contribution < -0.4 is 11.2 Å². The molecular formula is C31H31FN4O6. The number of aldehydes is 1. The Hall–Kier alpha value is -4.80. The number of carbonyl (C=O) groups excluding carboxylic acids is 1. The number of rotatable bonds is 5. The van der Waals surface area contributed by atoms with Gasteiger partial charge in [0.2, 0.25) is 0 Å². The number of carbonyl (C=O) groups is 2. The van der Waals surface area contributed by atoms with Crippen LogP contribution in [0.3, 0.4) is 0 Å². The molecule has 1 fully saturated rings. The lowest BCUT2D eigenvalue weighted by Gasteiger charge is -2.42. The largest absolute Gasteiger partial charge is 0.508 e. The highest BCUT2D eigenvalue weighted by molar-refractivity contribution is 5.88. The highest BCUT2D eigenvalue weighted by Crippen LogP contribution is 2.34.